The third kappa shape index (κ3) is 4.31. The third-order valence-electron chi connectivity index (χ3n) is 5.47. The van der Waals surface area contributed by atoms with Gasteiger partial charge in [0.1, 0.15) is 16.7 Å². The van der Waals surface area contributed by atoms with Gasteiger partial charge in [0.25, 0.3) is 21.8 Å². The molecule has 1 fully saturated rings. The van der Waals surface area contributed by atoms with Crippen molar-refractivity contribution in [3.63, 3.8) is 0 Å². The average Bonchev–Trinajstić information content (AvgIpc) is 3.35. The Bertz CT molecular complexity index is 1210. The van der Waals surface area contributed by atoms with Crippen LogP contribution in [0.15, 0.2) is 51.8 Å². The number of ether oxygens (including phenoxy) is 1. The lowest BCUT2D eigenvalue weighted by Crippen LogP contribution is -2.52. The minimum atomic E-state index is -3.78. The van der Waals surface area contributed by atoms with E-state index < -0.39 is 27.9 Å². The van der Waals surface area contributed by atoms with E-state index in [1.165, 1.54) is 6.07 Å². The quantitative estimate of drug-likeness (QED) is 0.673. The van der Waals surface area contributed by atoms with Crippen LogP contribution in [-0.2, 0) is 19.6 Å². The maximum absolute atomic E-state index is 12.8. The molecule has 0 spiro atoms. The van der Waals surface area contributed by atoms with Crippen LogP contribution in [0.5, 0.6) is 5.75 Å². The molecule has 2 amide bonds. The van der Waals surface area contributed by atoms with Gasteiger partial charge in [-0.15, -0.1) is 4.40 Å². The number of sulfonamides is 1. The molecule has 1 atom stereocenters. The number of fused-ring (bicyclic) bond motifs is 1. The smallest absolute Gasteiger partial charge is 0.285 e. The number of carbonyl (C=O) groups excluding carboxylic acids is 2. The van der Waals surface area contributed by atoms with Crippen LogP contribution in [0.25, 0.3) is 0 Å². The number of likely N-dealkylation sites (tertiary alicyclic amines) is 1. The Hall–Kier alpha value is -3.40. The maximum atomic E-state index is 12.8. The summed E-state index contributed by atoms with van der Waals surface area (Å²) in [6.45, 7) is 4.05. The average molecular weight is 457 g/mol. The number of carbonyl (C=O) groups is 2. The number of hydrazine groups is 1. The topological polar surface area (TPSA) is 117 Å². The first-order chi connectivity index (χ1) is 15.3. The summed E-state index contributed by atoms with van der Waals surface area (Å²) in [6, 6.07) is 11.6. The summed E-state index contributed by atoms with van der Waals surface area (Å²) >= 11 is 0. The lowest BCUT2D eigenvalue weighted by atomic mass is 10.1. The van der Waals surface area contributed by atoms with Crippen molar-refractivity contribution < 1.29 is 22.7 Å². The van der Waals surface area contributed by atoms with Gasteiger partial charge in [0, 0.05) is 12.1 Å². The fraction of sp³-hybridized carbons (Fsp3) is 0.318. The zero-order valence-electron chi connectivity index (χ0n) is 17.8. The molecule has 0 aliphatic carbocycles. The van der Waals surface area contributed by atoms with Gasteiger partial charge >= 0.3 is 0 Å². The first-order valence-corrected chi connectivity index (χ1v) is 11.7. The normalized spacial score (nSPS) is 18.6. The molecule has 168 valence electrons. The van der Waals surface area contributed by atoms with Gasteiger partial charge < -0.3 is 9.64 Å². The van der Waals surface area contributed by atoms with Crippen LogP contribution < -0.4 is 15.6 Å². The van der Waals surface area contributed by atoms with Crippen LogP contribution >= 0.6 is 0 Å². The van der Waals surface area contributed by atoms with E-state index in [9.17, 15) is 18.0 Å². The largest absolute Gasteiger partial charge is 0.483 e. The molecule has 2 aliphatic heterocycles. The molecule has 2 heterocycles. The maximum Gasteiger partial charge on any atom is 0.285 e. The van der Waals surface area contributed by atoms with Gasteiger partial charge in [-0.25, -0.2) is 0 Å². The zero-order valence-corrected chi connectivity index (χ0v) is 18.6. The van der Waals surface area contributed by atoms with Crippen LogP contribution in [0.1, 0.15) is 29.5 Å². The van der Waals surface area contributed by atoms with Crippen molar-refractivity contribution >= 4 is 27.7 Å². The van der Waals surface area contributed by atoms with E-state index in [0.29, 0.717) is 30.7 Å². The lowest BCUT2D eigenvalue weighted by molar-refractivity contribution is -0.131. The van der Waals surface area contributed by atoms with Crippen molar-refractivity contribution in [2.75, 3.05) is 13.2 Å². The van der Waals surface area contributed by atoms with Crippen molar-refractivity contribution in [3.8, 4) is 5.75 Å². The van der Waals surface area contributed by atoms with E-state index in [1.807, 2.05) is 32.0 Å². The number of aryl methyl sites for hydroxylation is 2. The summed E-state index contributed by atoms with van der Waals surface area (Å²) in [5, 5.41) is 0. The van der Waals surface area contributed by atoms with Crippen molar-refractivity contribution in [1.29, 1.82) is 0 Å². The molecule has 0 bridgehead atoms. The molecule has 0 saturated carbocycles. The highest BCUT2D eigenvalue weighted by molar-refractivity contribution is 7.90. The van der Waals surface area contributed by atoms with Gasteiger partial charge in [-0.05, 0) is 56.0 Å². The minimum absolute atomic E-state index is 0.137. The van der Waals surface area contributed by atoms with Gasteiger partial charge in [-0.3, -0.25) is 20.4 Å². The number of amides is 2. The molecule has 2 aliphatic rings. The number of nitrogens with zero attached hydrogens (tertiary/aromatic N) is 2. The molecule has 2 aromatic carbocycles. The Morgan fingerprint density at radius 3 is 2.75 bits per heavy atom. The first kappa shape index (κ1) is 21.8. The molecule has 2 N–H and O–H groups in total. The van der Waals surface area contributed by atoms with E-state index in [0.717, 1.165) is 11.1 Å². The highest BCUT2D eigenvalue weighted by Crippen LogP contribution is 2.31. The Kier molecular flexibility index (Phi) is 5.88. The summed E-state index contributed by atoms with van der Waals surface area (Å²) in [4.78, 5) is 26.7. The van der Waals surface area contributed by atoms with Gasteiger partial charge in [0.15, 0.2) is 12.4 Å². The first-order valence-electron chi connectivity index (χ1n) is 10.3. The van der Waals surface area contributed by atoms with Gasteiger partial charge in [0.2, 0.25) is 0 Å². The van der Waals surface area contributed by atoms with Gasteiger partial charge in [-0.1, -0.05) is 24.3 Å². The third-order valence-corrected chi connectivity index (χ3v) is 6.79. The predicted molar refractivity (Wildman–Crippen MR) is 118 cm³/mol. The predicted octanol–water partition coefficient (Wildman–Crippen LogP) is 1.44. The zero-order chi connectivity index (χ0) is 22.9. The highest BCUT2D eigenvalue weighted by atomic mass is 32.2. The molecule has 4 rings (SSSR count). The summed E-state index contributed by atoms with van der Waals surface area (Å²) in [5.74, 6) is -0.0719. The van der Waals surface area contributed by atoms with Crippen molar-refractivity contribution in [2.45, 2.75) is 37.6 Å². The van der Waals surface area contributed by atoms with Crippen LogP contribution in [0.4, 0.5) is 0 Å². The molecular weight excluding hydrogens is 432 g/mol. The SMILES string of the molecule is Cc1ccc(C)c(OCC(=O)NNC(=O)[C@@H]2CCCN2C2=NS(=O)(=O)c3ccccc32)c1. The van der Waals surface area contributed by atoms with Crippen LogP contribution in [0.2, 0.25) is 0 Å². The summed E-state index contributed by atoms with van der Waals surface area (Å²) in [5.41, 5.74) is 7.18. The second kappa shape index (κ2) is 8.62. The monoisotopic (exact) mass is 456 g/mol. The molecule has 0 radical (unpaired) electrons. The van der Waals surface area contributed by atoms with Crippen molar-refractivity contribution in [2.24, 2.45) is 4.40 Å². The second-order valence-corrected chi connectivity index (χ2v) is 9.41. The Balaban J connectivity index is 1.37. The number of rotatable bonds is 4. The molecule has 2 aromatic rings. The lowest BCUT2D eigenvalue weighted by Gasteiger charge is -2.25. The fourth-order valence-corrected chi connectivity index (χ4v) is 5.06. The molecular formula is C22H24N4O5S. The summed E-state index contributed by atoms with van der Waals surface area (Å²) < 4.78 is 34.2. The molecule has 9 nitrogen and oxygen atoms in total. The Morgan fingerprint density at radius 2 is 1.94 bits per heavy atom. The molecule has 10 heteroatoms. The standard InChI is InChI=1S/C22H24N4O5S/c1-14-9-10-15(2)18(12-14)31-13-20(27)23-24-22(28)17-7-5-11-26(17)21-16-6-3-4-8-19(16)32(29,30)25-21/h3-4,6,8-10,12,17H,5,7,11,13H2,1-2H3,(H,23,27)(H,24,28)/t17-/m0/s1. The number of hydrogen-bond acceptors (Lipinski definition) is 6. The summed E-state index contributed by atoms with van der Waals surface area (Å²) in [6.07, 6.45) is 1.21. The minimum Gasteiger partial charge on any atom is -0.483 e. The van der Waals surface area contributed by atoms with Crippen molar-refractivity contribution in [3.05, 3.63) is 59.2 Å². The number of hydrogen-bond donors (Lipinski definition) is 2. The Labute approximate surface area is 186 Å². The van der Waals surface area contributed by atoms with E-state index in [4.69, 9.17) is 4.74 Å². The second-order valence-electron chi connectivity index (χ2n) is 7.83. The molecule has 32 heavy (non-hydrogen) atoms. The van der Waals surface area contributed by atoms with Gasteiger partial charge in [0.05, 0.1) is 0 Å². The van der Waals surface area contributed by atoms with Crippen LogP contribution in [0, 0.1) is 13.8 Å². The molecule has 0 unspecified atom stereocenters. The number of benzene rings is 2. The Morgan fingerprint density at radius 1 is 1.16 bits per heavy atom. The fourth-order valence-electron chi connectivity index (χ4n) is 3.85. The van der Waals surface area contributed by atoms with Gasteiger partial charge in [-0.2, -0.15) is 8.42 Å². The van der Waals surface area contributed by atoms with Crippen molar-refractivity contribution in [1.82, 2.24) is 15.8 Å². The molecule has 0 aromatic heterocycles. The van der Waals surface area contributed by atoms with E-state index in [-0.39, 0.29) is 17.3 Å². The van der Waals surface area contributed by atoms with E-state index in [1.54, 1.807) is 23.1 Å². The number of amidine groups is 1. The number of nitrogens with one attached hydrogen (secondary N) is 2. The highest BCUT2D eigenvalue weighted by Gasteiger charge is 2.39. The summed E-state index contributed by atoms with van der Waals surface area (Å²) in [7, 11) is -3.78. The van der Waals surface area contributed by atoms with E-state index >= 15 is 0 Å². The van der Waals surface area contributed by atoms with Crippen LogP contribution in [-0.4, -0.2) is 50.2 Å². The molecule has 1 saturated heterocycles. The van der Waals surface area contributed by atoms with E-state index in [2.05, 4.69) is 15.2 Å². The van der Waals surface area contributed by atoms with Crippen LogP contribution in [0.3, 0.4) is 0 Å².